The summed E-state index contributed by atoms with van der Waals surface area (Å²) in [6, 6.07) is 9.14. The Bertz CT molecular complexity index is 731. The lowest BCUT2D eigenvalue weighted by Crippen LogP contribution is -2.16. The zero-order valence-corrected chi connectivity index (χ0v) is 12.2. The molecular weight excluding hydrogens is 290 g/mol. The molecule has 3 rings (SSSR count). The Hall–Kier alpha value is -2.11. The number of fused-ring (bicyclic) bond motifs is 1. The molecule has 2 heterocycles. The van der Waals surface area contributed by atoms with Gasteiger partial charge >= 0.3 is 0 Å². The Morgan fingerprint density at radius 2 is 2.24 bits per heavy atom. The molecule has 0 spiro atoms. The standard InChI is InChI=1S/C15H14ClN3O2/c1-20-8-13(14-3-2-6-21-14)19-15-11-5-4-10(16)7-12(11)17-9-18-15/h2-7,9,13H,8H2,1H3,(H,17,18,19). The van der Waals surface area contributed by atoms with E-state index in [0.29, 0.717) is 11.6 Å². The van der Waals surface area contributed by atoms with Crippen LogP contribution in [0.25, 0.3) is 10.9 Å². The molecule has 0 aliphatic carbocycles. The monoisotopic (exact) mass is 303 g/mol. The molecule has 0 saturated heterocycles. The lowest BCUT2D eigenvalue weighted by molar-refractivity contribution is 0.178. The minimum atomic E-state index is -0.126. The quantitative estimate of drug-likeness (QED) is 0.779. The highest BCUT2D eigenvalue weighted by molar-refractivity contribution is 6.31. The SMILES string of the molecule is COCC(Nc1ncnc2cc(Cl)ccc12)c1ccco1. The van der Waals surface area contributed by atoms with Crippen molar-refractivity contribution >= 4 is 28.3 Å². The van der Waals surface area contributed by atoms with Crippen molar-refractivity contribution in [2.45, 2.75) is 6.04 Å². The van der Waals surface area contributed by atoms with Crippen LogP contribution in [0.4, 0.5) is 5.82 Å². The number of rotatable bonds is 5. The van der Waals surface area contributed by atoms with Crippen molar-refractivity contribution in [3.8, 4) is 0 Å². The molecule has 0 amide bonds. The molecule has 1 unspecified atom stereocenters. The fourth-order valence-electron chi connectivity index (χ4n) is 2.16. The average molecular weight is 304 g/mol. The van der Waals surface area contributed by atoms with Crippen molar-refractivity contribution in [2.24, 2.45) is 0 Å². The van der Waals surface area contributed by atoms with Crippen LogP contribution in [0.3, 0.4) is 0 Å². The first-order chi connectivity index (χ1) is 10.3. The van der Waals surface area contributed by atoms with E-state index in [9.17, 15) is 0 Å². The zero-order valence-electron chi connectivity index (χ0n) is 11.4. The van der Waals surface area contributed by atoms with Gasteiger partial charge in [0.25, 0.3) is 0 Å². The van der Waals surface area contributed by atoms with Crippen molar-refractivity contribution in [3.63, 3.8) is 0 Å². The van der Waals surface area contributed by atoms with Crippen molar-refractivity contribution < 1.29 is 9.15 Å². The van der Waals surface area contributed by atoms with E-state index in [0.717, 1.165) is 22.5 Å². The van der Waals surface area contributed by atoms with Gasteiger partial charge in [-0.25, -0.2) is 9.97 Å². The number of hydrogen-bond acceptors (Lipinski definition) is 5. The maximum absolute atomic E-state index is 5.99. The molecule has 1 N–H and O–H groups in total. The Morgan fingerprint density at radius 3 is 3.00 bits per heavy atom. The topological polar surface area (TPSA) is 60.2 Å². The lowest BCUT2D eigenvalue weighted by Gasteiger charge is -2.17. The number of nitrogens with zero attached hydrogens (tertiary/aromatic N) is 2. The van der Waals surface area contributed by atoms with Crippen LogP contribution in [-0.4, -0.2) is 23.7 Å². The molecule has 0 aliphatic rings. The minimum absolute atomic E-state index is 0.126. The number of nitrogens with one attached hydrogen (secondary N) is 1. The number of ether oxygens (including phenoxy) is 1. The first-order valence-corrected chi connectivity index (χ1v) is 6.85. The number of benzene rings is 1. The third kappa shape index (κ3) is 2.99. The molecule has 3 aromatic rings. The predicted octanol–water partition coefficient (Wildman–Crippen LogP) is 3.68. The van der Waals surface area contributed by atoms with Gasteiger partial charge in [-0.2, -0.15) is 0 Å². The Morgan fingerprint density at radius 1 is 1.33 bits per heavy atom. The van der Waals surface area contributed by atoms with E-state index in [-0.39, 0.29) is 6.04 Å². The van der Waals surface area contributed by atoms with Crippen LogP contribution in [-0.2, 0) is 4.74 Å². The number of methoxy groups -OCH3 is 1. The maximum atomic E-state index is 5.99. The second-order valence-electron chi connectivity index (χ2n) is 4.55. The van der Waals surface area contributed by atoms with Crippen LogP contribution >= 0.6 is 11.6 Å². The molecule has 108 valence electrons. The summed E-state index contributed by atoms with van der Waals surface area (Å²) in [5.74, 6) is 1.51. The number of halogens is 1. The van der Waals surface area contributed by atoms with Crippen LogP contribution < -0.4 is 5.32 Å². The molecule has 5 nitrogen and oxygen atoms in total. The normalized spacial score (nSPS) is 12.5. The number of furan rings is 1. The average Bonchev–Trinajstić information content (AvgIpc) is 3.01. The lowest BCUT2D eigenvalue weighted by atomic mass is 10.2. The second-order valence-corrected chi connectivity index (χ2v) is 4.99. The first kappa shape index (κ1) is 13.9. The van der Waals surface area contributed by atoms with Gasteiger partial charge in [0.15, 0.2) is 0 Å². The van der Waals surface area contributed by atoms with E-state index in [1.807, 2.05) is 30.3 Å². The molecule has 1 aromatic carbocycles. The van der Waals surface area contributed by atoms with E-state index < -0.39 is 0 Å². The van der Waals surface area contributed by atoms with Gasteiger partial charge in [0.1, 0.15) is 23.9 Å². The van der Waals surface area contributed by atoms with Crippen LogP contribution in [0.5, 0.6) is 0 Å². The van der Waals surface area contributed by atoms with Gasteiger partial charge in [0.05, 0.1) is 18.4 Å². The fourth-order valence-corrected chi connectivity index (χ4v) is 2.33. The number of hydrogen-bond donors (Lipinski definition) is 1. The molecule has 0 bridgehead atoms. The molecule has 0 fully saturated rings. The van der Waals surface area contributed by atoms with Gasteiger partial charge < -0.3 is 14.5 Å². The molecule has 21 heavy (non-hydrogen) atoms. The van der Waals surface area contributed by atoms with Gasteiger partial charge in [-0.05, 0) is 30.3 Å². The van der Waals surface area contributed by atoms with Crippen molar-refractivity contribution in [2.75, 3.05) is 19.0 Å². The van der Waals surface area contributed by atoms with Gasteiger partial charge in [-0.1, -0.05) is 11.6 Å². The summed E-state index contributed by atoms with van der Waals surface area (Å²) in [5.41, 5.74) is 0.788. The van der Waals surface area contributed by atoms with Gasteiger partial charge in [0.2, 0.25) is 0 Å². The fraction of sp³-hybridized carbons (Fsp3) is 0.200. The van der Waals surface area contributed by atoms with Gasteiger partial charge in [-0.15, -0.1) is 0 Å². The summed E-state index contributed by atoms with van der Waals surface area (Å²) in [5, 5.41) is 4.87. The van der Waals surface area contributed by atoms with Crippen molar-refractivity contribution in [1.29, 1.82) is 0 Å². The molecule has 6 heteroatoms. The van der Waals surface area contributed by atoms with Gasteiger partial charge in [0, 0.05) is 17.5 Å². The molecule has 2 aromatic heterocycles. The summed E-state index contributed by atoms with van der Waals surface area (Å²) >= 11 is 5.99. The Balaban J connectivity index is 1.96. The third-order valence-corrected chi connectivity index (χ3v) is 3.36. The molecule has 0 aliphatic heterocycles. The van der Waals surface area contributed by atoms with E-state index in [2.05, 4.69) is 15.3 Å². The highest BCUT2D eigenvalue weighted by Gasteiger charge is 2.16. The van der Waals surface area contributed by atoms with Crippen molar-refractivity contribution in [1.82, 2.24) is 9.97 Å². The molecular formula is C15H14ClN3O2. The largest absolute Gasteiger partial charge is 0.467 e. The van der Waals surface area contributed by atoms with Crippen LogP contribution in [0.15, 0.2) is 47.3 Å². The van der Waals surface area contributed by atoms with E-state index in [1.165, 1.54) is 6.33 Å². The van der Waals surface area contributed by atoms with Gasteiger partial charge in [-0.3, -0.25) is 0 Å². The van der Waals surface area contributed by atoms with E-state index >= 15 is 0 Å². The number of anilines is 1. The third-order valence-electron chi connectivity index (χ3n) is 3.13. The molecule has 0 radical (unpaired) electrons. The number of aromatic nitrogens is 2. The Labute approximate surface area is 126 Å². The van der Waals surface area contributed by atoms with Crippen molar-refractivity contribution in [3.05, 3.63) is 53.7 Å². The van der Waals surface area contributed by atoms with Crippen LogP contribution in [0.1, 0.15) is 11.8 Å². The zero-order chi connectivity index (χ0) is 14.7. The van der Waals surface area contributed by atoms with E-state index in [4.69, 9.17) is 20.8 Å². The minimum Gasteiger partial charge on any atom is -0.467 e. The first-order valence-electron chi connectivity index (χ1n) is 6.47. The highest BCUT2D eigenvalue weighted by Crippen LogP contribution is 2.26. The summed E-state index contributed by atoms with van der Waals surface area (Å²) in [6.07, 6.45) is 3.14. The van der Waals surface area contributed by atoms with E-state index in [1.54, 1.807) is 13.4 Å². The smallest absolute Gasteiger partial charge is 0.137 e. The summed E-state index contributed by atoms with van der Waals surface area (Å²) in [7, 11) is 1.65. The predicted molar refractivity (Wildman–Crippen MR) is 81.5 cm³/mol. The highest BCUT2D eigenvalue weighted by atomic mass is 35.5. The summed E-state index contributed by atoms with van der Waals surface area (Å²) in [4.78, 5) is 8.53. The Kier molecular flexibility index (Phi) is 4.03. The summed E-state index contributed by atoms with van der Waals surface area (Å²) in [6.45, 7) is 0.465. The summed E-state index contributed by atoms with van der Waals surface area (Å²) < 4.78 is 10.7. The second kappa shape index (κ2) is 6.11. The van der Waals surface area contributed by atoms with Crippen LogP contribution in [0, 0.1) is 0 Å². The maximum Gasteiger partial charge on any atom is 0.137 e. The molecule has 1 atom stereocenters. The van der Waals surface area contributed by atoms with Crippen LogP contribution in [0.2, 0.25) is 5.02 Å². The molecule has 0 saturated carbocycles.